The van der Waals surface area contributed by atoms with E-state index in [1.807, 2.05) is 4.90 Å². The lowest BCUT2D eigenvalue weighted by molar-refractivity contribution is -0.128. The molecule has 0 spiro atoms. The number of hydrogen-bond acceptors (Lipinski definition) is 3. The zero-order valence-electron chi connectivity index (χ0n) is 17.5. The summed E-state index contributed by atoms with van der Waals surface area (Å²) in [5, 5.41) is 3.16. The minimum absolute atomic E-state index is 0.0918. The van der Waals surface area contributed by atoms with E-state index in [-0.39, 0.29) is 17.9 Å². The summed E-state index contributed by atoms with van der Waals surface area (Å²) in [5.41, 5.74) is 2.54. The number of carbonyl (C=O) groups is 2. The molecule has 2 fully saturated rings. The van der Waals surface area contributed by atoms with E-state index in [2.05, 4.69) is 48.3 Å². The standard InChI is InChI=1S/C23H35N3O2/c1-18-7-9-20(10-8-18)21(25-15-11-19(2)12-16-25)17-24-22(27)5-3-13-26-14-4-6-23(26)28/h7-10,19,21H,3-6,11-17H2,1-2H3,(H,24,27)/t21-/m1/s1. The van der Waals surface area contributed by atoms with Crippen molar-refractivity contribution in [3.63, 3.8) is 0 Å². The van der Waals surface area contributed by atoms with Crippen LogP contribution in [0.3, 0.4) is 0 Å². The second-order valence-corrected chi connectivity index (χ2v) is 8.54. The summed E-state index contributed by atoms with van der Waals surface area (Å²) < 4.78 is 0. The van der Waals surface area contributed by atoms with Gasteiger partial charge in [0.25, 0.3) is 0 Å². The third kappa shape index (κ3) is 5.81. The molecule has 1 aromatic rings. The van der Waals surface area contributed by atoms with Crippen molar-refractivity contribution >= 4 is 11.8 Å². The Morgan fingerprint density at radius 3 is 2.54 bits per heavy atom. The number of hydrogen-bond donors (Lipinski definition) is 1. The number of likely N-dealkylation sites (tertiary alicyclic amines) is 2. The smallest absolute Gasteiger partial charge is 0.222 e. The summed E-state index contributed by atoms with van der Waals surface area (Å²) in [6, 6.07) is 8.94. The summed E-state index contributed by atoms with van der Waals surface area (Å²) >= 11 is 0. The van der Waals surface area contributed by atoms with Crippen molar-refractivity contribution < 1.29 is 9.59 Å². The number of piperidine rings is 1. The Morgan fingerprint density at radius 2 is 1.89 bits per heavy atom. The first kappa shape index (κ1) is 20.8. The molecule has 5 nitrogen and oxygen atoms in total. The lowest BCUT2D eigenvalue weighted by Gasteiger charge is -2.37. The van der Waals surface area contributed by atoms with Gasteiger partial charge in [-0.2, -0.15) is 0 Å². The van der Waals surface area contributed by atoms with Gasteiger partial charge in [-0.05, 0) is 57.2 Å². The van der Waals surface area contributed by atoms with Crippen LogP contribution in [0.2, 0.25) is 0 Å². The van der Waals surface area contributed by atoms with Crippen molar-refractivity contribution in [2.45, 2.75) is 58.4 Å². The fourth-order valence-corrected chi connectivity index (χ4v) is 4.26. The van der Waals surface area contributed by atoms with Crippen LogP contribution in [0.25, 0.3) is 0 Å². The van der Waals surface area contributed by atoms with Crippen LogP contribution in [0.15, 0.2) is 24.3 Å². The van der Waals surface area contributed by atoms with E-state index in [0.29, 0.717) is 25.9 Å². The first-order chi connectivity index (χ1) is 13.5. The molecular formula is C23H35N3O2. The zero-order valence-corrected chi connectivity index (χ0v) is 17.5. The van der Waals surface area contributed by atoms with E-state index in [0.717, 1.165) is 38.4 Å². The Morgan fingerprint density at radius 1 is 1.18 bits per heavy atom. The van der Waals surface area contributed by atoms with Gasteiger partial charge in [-0.3, -0.25) is 14.5 Å². The van der Waals surface area contributed by atoms with Crippen molar-refractivity contribution in [1.82, 2.24) is 15.1 Å². The van der Waals surface area contributed by atoms with Crippen LogP contribution in [0.5, 0.6) is 0 Å². The quantitative estimate of drug-likeness (QED) is 0.747. The Balaban J connectivity index is 1.51. The van der Waals surface area contributed by atoms with Gasteiger partial charge in [0.15, 0.2) is 0 Å². The van der Waals surface area contributed by atoms with E-state index in [1.54, 1.807) is 0 Å². The van der Waals surface area contributed by atoms with Crippen LogP contribution in [-0.2, 0) is 9.59 Å². The minimum atomic E-state index is 0.0918. The van der Waals surface area contributed by atoms with Gasteiger partial charge >= 0.3 is 0 Å². The number of nitrogens with zero attached hydrogens (tertiary/aromatic N) is 2. The van der Waals surface area contributed by atoms with Gasteiger partial charge in [0.1, 0.15) is 0 Å². The summed E-state index contributed by atoms with van der Waals surface area (Å²) in [4.78, 5) is 28.5. The Labute approximate surface area is 169 Å². The molecule has 3 rings (SSSR count). The van der Waals surface area contributed by atoms with E-state index in [9.17, 15) is 9.59 Å². The first-order valence-electron chi connectivity index (χ1n) is 10.9. The molecule has 2 amide bonds. The summed E-state index contributed by atoms with van der Waals surface area (Å²) in [6.45, 7) is 8.82. The number of rotatable bonds is 8. The predicted molar refractivity (Wildman–Crippen MR) is 112 cm³/mol. The Bertz CT molecular complexity index is 650. The number of benzene rings is 1. The lowest BCUT2D eigenvalue weighted by atomic mass is 9.95. The maximum Gasteiger partial charge on any atom is 0.222 e. The number of carbonyl (C=O) groups excluding carboxylic acids is 2. The maximum atomic E-state index is 12.4. The lowest BCUT2D eigenvalue weighted by Crippen LogP contribution is -2.42. The fourth-order valence-electron chi connectivity index (χ4n) is 4.26. The van der Waals surface area contributed by atoms with Gasteiger partial charge in [0, 0.05) is 32.5 Å². The van der Waals surface area contributed by atoms with Crippen molar-refractivity contribution in [3.8, 4) is 0 Å². The average molecular weight is 386 g/mol. The molecule has 0 unspecified atom stereocenters. The molecule has 0 saturated carbocycles. The molecule has 2 aliphatic rings. The SMILES string of the molecule is Cc1ccc([C@@H](CNC(=O)CCCN2CCCC2=O)N2CCC(C)CC2)cc1. The van der Waals surface area contributed by atoms with E-state index in [1.165, 1.54) is 24.0 Å². The van der Waals surface area contributed by atoms with Crippen LogP contribution in [0.4, 0.5) is 0 Å². The second-order valence-electron chi connectivity index (χ2n) is 8.54. The van der Waals surface area contributed by atoms with Gasteiger partial charge in [-0.25, -0.2) is 0 Å². The molecule has 0 aliphatic carbocycles. The minimum Gasteiger partial charge on any atom is -0.354 e. The molecule has 0 radical (unpaired) electrons. The highest BCUT2D eigenvalue weighted by molar-refractivity contribution is 5.78. The number of aryl methyl sites for hydroxylation is 1. The third-order valence-corrected chi connectivity index (χ3v) is 6.22. The molecule has 154 valence electrons. The zero-order chi connectivity index (χ0) is 19.9. The molecule has 0 bridgehead atoms. The molecule has 2 aliphatic heterocycles. The van der Waals surface area contributed by atoms with Crippen LogP contribution < -0.4 is 5.32 Å². The normalized spacial score (nSPS) is 19.8. The van der Waals surface area contributed by atoms with Crippen molar-refractivity contribution in [2.24, 2.45) is 5.92 Å². The van der Waals surface area contributed by atoms with E-state index < -0.39 is 0 Å². The van der Waals surface area contributed by atoms with Gasteiger partial charge in [-0.15, -0.1) is 0 Å². The van der Waals surface area contributed by atoms with E-state index >= 15 is 0 Å². The predicted octanol–water partition coefficient (Wildman–Crippen LogP) is 3.29. The molecule has 2 heterocycles. The van der Waals surface area contributed by atoms with Gasteiger partial charge in [0.05, 0.1) is 6.04 Å². The molecule has 28 heavy (non-hydrogen) atoms. The third-order valence-electron chi connectivity index (χ3n) is 6.22. The number of nitrogens with one attached hydrogen (secondary N) is 1. The number of amides is 2. The first-order valence-corrected chi connectivity index (χ1v) is 10.9. The summed E-state index contributed by atoms with van der Waals surface area (Å²) in [5.74, 6) is 1.12. The van der Waals surface area contributed by atoms with Crippen LogP contribution in [0, 0.1) is 12.8 Å². The second kappa shape index (κ2) is 10.1. The molecular weight excluding hydrogens is 350 g/mol. The molecule has 1 aromatic carbocycles. The molecule has 1 atom stereocenters. The Hall–Kier alpha value is -1.88. The van der Waals surface area contributed by atoms with E-state index in [4.69, 9.17) is 0 Å². The van der Waals surface area contributed by atoms with Crippen molar-refractivity contribution in [2.75, 3.05) is 32.7 Å². The fraction of sp³-hybridized carbons (Fsp3) is 0.652. The average Bonchev–Trinajstić information content (AvgIpc) is 3.09. The van der Waals surface area contributed by atoms with Gasteiger partial charge in [0.2, 0.25) is 11.8 Å². The summed E-state index contributed by atoms with van der Waals surface area (Å²) in [6.07, 6.45) is 5.30. The molecule has 2 saturated heterocycles. The van der Waals surface area contributed by atoms with Crippen LogP contribution >= 0.6 is 0 Å². The molecule has 1 N–H and O–H groups in total. The van der Waals surface area contributed by atoms with Crippen molar-refractivity contribution in [3.05, 3.63) is 35.4 Å². The topological polar surface area (TPSA) is 52.7 Å². The van der Waals surface area contributed by atoms with Crippen molar-refractivity contribution in [1.29, 1.82) is 0 Å². The van der Waals surface area contributed by atoms with Crippen LogP contribution in [-0.4, -0.2) is 54.3 Å². The highest BCUT2D eigenvalue weighted by atomic mass is 16.2. The molecule has 5 heteroatoms. The maximum absolute atomic E-state index is 12.4. The van der Waals surface area contributed by atoms with Gasteiger partial charge < -0.3 is 10.2 Å². The highest BCUT2D eigenvalue weighted by Gasteiger charge is 2.25. The summed E-state index contributed by atoms with van der Waals surface area (Å²) in [7, 11) is 0. The molecule has 0 aromatic heterocycles. The Kier molecular flexibility index (Phi) is 7.49. The largest absolute Gasteiger partial charge is 0.354 e. The van der Waals surface area contributed by atoms with Gasteiger partial charge in [-0.1, -0.05) is 36.8 Å². The van der Waals surface area contributed by atoms with Crippen LogP contribution in [0.1, 0.15) is 62.6 Å². The monoisotopic (exact) mass is 385 g/mol. The highest BCUT2D eigenvalue weighted by Crippen LogP contribution is 2.26.